The summed E-state index contributed by atoms with van der Waals surface area (Å²) in [7, 11) is 0. The van der Waals surface area contributed by atoms with Crippen LogP contribution in [0.4, 0.5) is 0 Å². The molecule has 1 aromatic rings. The first kappa shape index (κ1) is 14.3. The van der Waals surface area contributed by atoms with Gasteiger partial charge in [-0.15, -0.1) is 0 Å². The maximum absolute atomic E-state index is 6.23. The highest BCUT2D eigenvalue weighted by Crippen LogP contribution is 2.30. The van der Waals surface area contributed by atoms with Crippen molar-refractivity contribution < 1.29 is 4.74 Å². The van der Waals surface area contributed by atoms with E-state index >= 15 is 0 Å². The van der Waals surface area contributed by atoms with Crippen molar-refractivity contribution in [2.24, 2.45) is 0 Å². The average Bonchev–Trinajstić information content (AvgIpc) is 2.27. The third-order valence-electron chi connectivity index (χ3n) is 3.22. The van der Waals surface area contributed by atoms with Crippen LogP contribution in [-0.2, 0) is 11.3 Å². The molecule has 1 aliphatic heterocycles. The van der Waals surface area contributed by atoms with Crippen LogP contribution in [0, 0.1) is 0 Å². The van der Waals surface area contributed by atoms with Crippen LogP contribution in [0.25, 0.3) is 0 Å². The van der Waals surface area contributed by atoms with E-state index < -0.39 is 0 Å². The lowest BCUT2D eigenvalue weighted by atomic mass is 9.98. The Morgan fingerprint density at radius 3 is 2.44 bits per heavy atom. The van der Waals surface area contributed by atoms with Crippen LogP contribution < -0.4 is 0 Å². The van der Waals surface area contributed by atoms with Crippen LogP contribution in [0.1, 0.15) is 26.3 Å². The molecule has 1 fully saturated rings. The molecule has 100 valence electrons. The minimum Gasteiger partial charge on any atom is -0.366 e. The molecule has 2 rings (SSSR count). The van der Waals surface area contributed by atoms with Gasteiger partial charge in [0.15, 0.2) is 0 Å². The Bertz CT molecular complexity index is 393. The fraction of sp³-hybridized carbons (Fsp3) is 0.600. The van der Waals surface area contributed by atoms with Gasteiger partial charge in [0.05, 0.1) is 11.2 Å². The molecular formula is C15H22INO. The number of rotatable bonds is 3. The number of halogens is 1. The van der Waals surface area contributed by atoms with Crippen molar-refractivity contribution in [3.05, 3.63) is 35.9 Å². The van der Waals surface area contributed by atoms with Crippen LogP contribution in [0.5, 0.6) is 0 Å². The van der Waals surface area contributed by atoms with Gasteiger partial charge in [0.1, 0.15) is 0 Å². The molecule has 0 N–H and O–H groups in total. The van der Waals surface area contributed by atoms with E-state index in [-0.39, 0.29) is 11.2 Å². The monoisotopic (exact) mass is 359 g/mol. The number of hydrogen-bond donors (Lipinski definition) is 0. The fourth-order valence-electron chi connectivity index (χ4n) is 2.82. The summed E-state index contributed by atoms with van der Waals surface area (Å²) in [5, 5.41) is 0. The maximum Gasteiger partial charge on any atom is 0.0877 e. The van der Waals surface area contributed by atoms with Gasteiger partial charge in [-0.05, 0) is 26.3 Å². The smallest absolute Gasteiger partial charge is 0.0877 e. The van der Waals surface area contributed by atoms with Crippen LogP contribution >= 0.6 is 22.6 Å². The summed E-state index contributed by atoms with van der Waals surface area (Å²) in [5.74, 6) is 0. The zero-order valence-corrected chi connectivity index (χ0v) is 13.6. The van der Waals surface area contributed by atoms with E-state index in [0.717, 1.165) is 24.1 Å². The van der Waals surface area contributed by atoms with Gasteiger partial charge in [0, 0.05) is 24.1 Å². The fourth-order valence-corrected chi connectivity index (χ4v) is 3.22. The van der Waals surface area contributed by atoms with Crippen LogP contribution in [-0.4, -0.2) is 33.6 Å². The van der Waals surface area contributed by atoms with E-state index in [4.69, 9.17) is 4.74 Å². The molecule has 1 aliphatic rings. The van der Waals surface area contributed by atoms with E-state index in [1.165, 1.54) is 5.56 Å². The lowest BCUT2D eigenvalue weighted by Crippen LogP contribution is -2.58. The topological polar surface area (TPSA) is 12.5 Å². The second-order valence-electron chi connectivity index (χ2n) is 6.08. The Balaban J connectivity index is 2.09. The van der Waals surface area contributed by atoms with E-state index in [0.29, 0.717) is 0 Å². The first-order chi connectivity index (χ1) is 8.42. The highest BCUT2D eigenvalue weighted by molar-refractivity contribution is 14.1. The van der Waals surface area contributed by atoms with Gasteiger partial charge in [-0.1, -0.05) is 52.9 Å². The lowest BCUT2D eigenvalue weighted by molar-refractivity contribution is -0.178. The third kappa shape index (κ3) is 3.68. The zero-order chi connectivity index (χ0) is 13.2. The van der Waals surface area contributed by atoms with Crippen molar-refractivity contribution in [2.45, 2.75) is 38.5 Å². The summed E-state index contributed by atoms with van der Waals surface area (Å²) in [6.07, 6.45) is 0. The Morgan fingerprint density at radius 1 is 1.17 bits per heavy atom. The second kappa shape index (κ2) is 5.47. The van der Waals surface area contributed by atoms with Gasteiger partial charge in [-0.25, -0.2) is 0 Å². The van der Waals surface area contributed by atoms with E-state index in [2.05, 4.69) is 78.6 Å². The minimum absolute atomic E-state index is 0.0307. The quantitative estimate of drug-likeness (QED) is 0.605. The predicted molar refractivity (Wildman–Crippen MR) is 84.2 cm³/mol. The number of morpholine rings is 1. The molecule has 0 bridgehead atoms. The molecule has 0 radical (unpaired) electrons. The molecular weight excluding hydrogens is 337 g/mol. The van der Waals surface area contributed by atoms with Gasteiger partial charge in [-0.3, -0.25) is 4.90 Å². The lowest BCUT2D eigenvalue weighted by Gasteiger charge is -2.48. The Morgan fingerprint density at radius 2 is 1.83 bits per heavy atom. The SMILES string of the molecule is CC1(C)CN(Cc2ccccc2)C[C@](C)(CI)O1. The molecule has 1 saturated heterocycles. The average molecular weight is 359 g/mol. The maximum atomic E-state index is 6.23. The molecule has 0 unspecified atom stereocenters. The van der Waals surface area contributed by atoms with Crippen molar-refractivity contribution >= 4 is 22.6 Å². The number of ether oxygens (including phenoxy) is 1. The second-order valence-corrected chi connectivity index (χ2v) is 6.84. The molecule has 3 heteroatoms. The van der Waals surface area contributed by atoms with E-state index in [1.807, 2.05) is 0 Å². The summed E-state index contributed by atoms with van der Waals surface area (Å²) in [4.78, 5) is 2.51. The predicted octanol–water partition coefficient (Wildman–Crippen LogP) is 3.49. The van der Waals surface area contributed by atoms with Crippen LogP contribution in [0.15, 0.2) is 30.3 Å². The Kier molecular flexibility index (Phi) is 4.34. The third-order valence-corrected chi connectivity index (χ3v) is 4.83. The number of hydrogen-bond acceptors (Lipinski definition) is 2. The largest absolute Gasteiger partial charge is 0.366 e. The molecule has 18 heavy (non-hydrogen) atoms. The number of alkyl halides is 1. The van der Waals surface area contributed by atoms with Gasteiger partial charge in [0.2, 0.25) is 0 Å². The van der Waals surface area contributed by atoms with Crippen molar-refractivity contribution in [1.29, 1.82) is 0 Å². The number of benzene rings is 1. The molecule has 1 heterocycles. The van der Waals surface area contributed by atoms with Crippen molar-refractivity contribution in [2.75, 3.05) is 17.5 Å². The molecule has 2 nitrogen and oxygen atoms in total. The summed E-state index contributed by atoms with van der Waals surface area (Å²) >= 11 is 2.43. The molecule has 0 aliphatic carbocycles. The summed E-state index contributed by atoms with van der Waals surface area (Å²) in [5.41, 5.74) is 1.29. The summed E-state index contributed by atoms with van der Waals surface area (Å²) in [6, 6.07) is 10.7. The molecule has 1 aromatic carbocycles. The highest BCUT2D eigenvalue weighted by Gasteiger charge is 2.40. The first-order valence-corrected chi connectivity index (χ1v) is 7.97. The van der Waals surface area contributed by atoms with Gasteiger partial charge < -0.3 is 4.74 Å². The van der Waals surface area contributed by atoms with Crippen LogP contribution in [0.2, 0.25) is 0 Å². The Labute approximate surface area is 124 Å². The first-order valence-electron chi connectivity index (χ1n) is 6.45. The number of nitrogens with zero attached hydrogens (tertiary/aromatic N) is 1. The standard InChI is InChI=1S/C15H22INO/c1-14(2)11-17(12-15(3,10-16)18-14)9-13-7-5-4-6-8-13/h4-8H,9-12H2,1-3H3/t15-/m0/s1. The summed E-state index contributed by atoms with van der Waals surface area (Å²) < 4.78 is 7.26. The summed E-state index contributed by atoms with van der Waals surface area (Å²) in [6.45, 7) is 9.62. The van der Waals surface area contributed by atoms with E-state index in [9.17, 15) is 0 Å². The molecule has 0 saturated carbocycles. The molecule has 0 spiro atoms. The van der Waals surface area contributed by atoms with Gasteiger partial charge >= 0.3 is 0 Å². The highest BCUT2D eigenvalue weighted by atomic mass is 127. The Hall–Kier alpha value is -0.130. The van der Waals surface area contributed by atoms with Crippen molar-refractivity contribution in [3.8, 4) is 0 Å². The van der Waals surface area contributed by atoms with Gasteiger partial charge in [0.25, 0.3) is 0 Å². The van der Waals surface area contributed by atoms with Crippen molar-refractivity contribution in [3.63, 3.8) is 0 Å². The zero-order valence-electron chi connectivity index (χ0n) is 11.4. The molecule has 1 atom stereocenters. The van der Waals surface area contributed by atoms with E-state index in [1.54, 1.807) is 0 Å². The molecule has 0 amide bonds. The molecule has 0 aromatic heterocycles. The van der Waals surface area contributed by atoms with Crippen LogP contribution in [0.3, 0.4) is 0 Å². The van der Waals surface area contributed by atoms with Crippen molar-refractivity contribution in [1.82, 2.24) is 4.90 Å². The normalized spacial score (nSPS) is 28.2. The van der Waals surface area contributed by atoms with Gasteiger partial charge in [-0.2, -0.15) is 0 Å². The minimum atomic E-state index is -0.0625.